The van der Waals surface area contributed by atoms with Gasteiger partial charge in [-0.05, 0) is 68.6 Å². The van der Waals surface area contributed by atoms with Gasteiger partial charge in [0.2, 0.25) is 0 Å². The van der Waals surface area contributed by atoms with Crippen LogP contribution in [-0.2, 0) is 6.54 Å². The molecule has 2 heterocycles. The van der Waals surface area contributed by atoms with Crippen LogP contribution in [0.4, 0.5) is 0 Å². The van der Waals surface area contributed by atoms with Gasteiger partial charge in [0.1, 0.15) is 11.4 Å². The van der Waals surface area contributed by atoms with Crippen molar-refractivity contribution in [3.8, 4) is 17.0 Å². The van der Waals surface area contributed by atoms with Crippen molar-refractivity contribution >= 4 is 29.0 Å². The number of ether oxygens (including phenoxy) is 1. The Labute approximate surface area is 198 Å². The number of piperidine rings is 1. The number of carbonyl (C=O) groups excluding carboxylic acids is 1. The zero-order valence-electron chi connectivity index (χ0n) is 18.0. The van der Waals surface area contributed by atoms with Crippen LogP contribution >= 0.6 is 23.2 Å². The SMILES string of the molecule is COc1cc(C(=O)CCC2CCN(Cc3cc(-c4ccc(Cl)cc4)no3)CC2)ccc1Cl. The highest BCUT2D eigenvalue weighted by atomic mass is 35.5. The Morgan fingerprint density at radius 2 is 1.88 bits per heavy atom. The highest BCUT2D eigenvalue weighted by Crippen LogP contribution is 2.28. The number of likely N-dealkylation sites (tertiary alicyclic amines) is 1. The van der Waals surface area contributed by atoms with E-state index in [2.05, 4.69) is 10.1 Å². The predicted molar refractivity (Wildman–Crippen MR) is 127 cm³/mol. The molecule has 0 atom stereocenters. The molecular formula is C25H26Cl2N2O3. The van der Waals surface area contributed by atoms with Crippen molar-refractivity contribution in [1.82, 2.24) is 10.1 Å². The molecule has 1 aromatic heterocycles. The minimum Gasteiger partial charge on any atom is -0.495 e. The molecule has 1 saturated heterocycles. The second kappa shape index (κ2) is 10.5. The fraction of sp³-hybridized carbons (Fsp3) is 0.360. The van der Waals surface area contributed by atoms with Crippen molar-refractivity contribution in [1.29, 1.82) is 0 Å². The first kappa shape index (κ1) is 22.8. The van der Waals surface area contributed by atoms with Gasteiger partial charge in [0.25, 0.3) is 0 Å². The molecule has 7 heteroatoms. The molecular weight excluding hydrogens is 447 g/mol. The number of methoxy groups -OCH3 is 1. The number of carbonyl (C=O) groups is 1. The van der Waals surface area contributed by atoms with E-state index in [9.17, 15) is 4.79 Å². The number of benzene rings is 2. The molecule has 1 fully saturated rings. The molecule has 4 rings (SSSR count). The lowest BCUT2D eigenvalue weighted by atomic mass is 9.90. The molecule has 0 spiro atoms. The van der Waals surface area contributed by atoms with Gasteiger partial charge < -0.3 is 9.26 Å². The van der Waals surface area contributed by atoms with E-state index in [0.717, 1.165) is 55.9 Å². The largest absolute Gasteiger partial charge is 0.495 e. The first-order chi connectivity index (χ1) is 15.5. The quantitative estimate of drug-likeness (QED) is 0.348. The van der Waals surface area contributed by atoms with E-state index in [1.165, 1.54) is 0 Å². The highest BCUT2D eigenvalue weighted by Gasteiger charge is 2.22. The molecule has 0 bridgehead atoms. The molecule has 0 saturated carbocycles. The topological polar surface area (TPSA) is 55.6 Å². The zero-order chi connectivity index (χ0) is 22.5. The maximum atomic E-state index is 12.6. The van der Waals surface area contributed by atoms with Gasteiger partial charge in [0, 0.05) is 28.6 Å². The van der Waals surface area contributed by atoms with Crippen LogP contribution in [0.5, 0.6) is 5.75 Å². The summed E-state index contributed by atoms with van der Waals surface area (Å²) in [5.41, 5.74) is 2.47. The number of halogens is 2. The van der Waals surface area contributed by atoms with Crippen molar-refractivity contribution in [2.24, 2.45) is 5.92 Å². The average Bonchev–Trinajstić information content (AvgIpc) is 3.27. The molecule has 3 aromatic rings. The Bertz CT molecular complexity index is 1060. The van der Waals surface area contributed by atoms with Gasteiger partial charge >= 0.3 is 0 Å². The van der Waals surface area contributed by atoms with E-state index in [1.54, 1.807) is 25.3 Å². The summed E-state index contributed by atoms with van der Waals surface area (Å²) in [6.07, 6.45) is 3.60. The number of hydrogen-bond acceptors (Lipinski definition) is 5. The normalized spacial score (nSPS) is 15.1. The molecule has 0 unspecified atom stereocenters. The molecule has 2 aromatic carbocycles. The van der Waals surface area contributed by atoms with Crippen molar-refractivity contribution in [3.63, 3.8) is 0 Å². The van der Waals surface area contributed by atoms with Crippen molar-refractivity contribution < 1.29 is 14.1 Å². The van der Waals surface area contributed by atoms with Gasteiger partial charge in [-0.1, -0.05) is 40.5 Å². The van der Waals surface area contributed by atoms with Crippen LogP contribution < -0.4 is 4.74 Å². The molecule has 0 N–H and O–H groups in total. The minimum absolute atomic E-state index is 0.138. The Morgan fingerprint density at radius 1 is 1.12 bits per heavy atom. The van der Waals surface area contributed by atoms with Crippen molar-refractivity contribution in [3.05, 3.63) is 69.9 Å². The summed E-state index contributed by atoms with van der Waals surface area (Å²) in [5.74, 6) is 2.10. The van der Waals surface area contributed by atoms with Gasteiger partial charge in [0.15, 0.2) is 11.5 Å². The number of aromatic nitrogens is 1. The highest BCUT2D eigenvalue weighted by molar-refractivity contribution is 6.32. The third-order valence-corrected chi connectivity index (χ3v) is 6.60. The number of Topliss-reactive ketones (excluding diaryl/α,β-unsaturated/α-hetero) is 1. The Hall–Kier alpha value is -2.34. The van der Waals surface area contributed by atoms with Crippen LogP contribution in [0.3, 0.4) is 0 Å². The number of hydrogen-bond donors (Lipinski definition) is 0. The Morgan fingerprint density at radius 3 is 2.59 bits per heavy atom. The number of rotatable bonds is 8. The van der Waals surface area contributed by atoms with Crippen LogP contribution in [0.25, 0.3) is 11.3 Å². The van der Waals surface area contributed by atoms with Crippen LogP contribution in [0, 0.1) is 5.92 Å². The number of ketones is 1. The molecule has 1 aliphatic rings. The van der Waals surface area contributed by atoms with Gasteiger partial charge in [-0.15, -0.1) is 0 Å². The maximum absolute atomic E-state index is 12.6. The molecule has 168 valence electrons. The smallest absolute Gasteiger partial charge is 0.163 e. The summed E-state index contributed by atoms with van der Waals surface area (Å²) >= 11 is 12.0. The van der Waals surface area contributed by atoms with E-state index in [-0.39, 0.29) is 5.78 Å². The lowest BCUT2D eigenvalue weighted by Gasteiger charge is -2.31. The molecule has 1 aliphatic heterocycles. The van der Waals surface area contributed by atoms with Crippen molar-refractivity contribution in [2.45, 2.75) is 32.2 Å². The summed E-state index contributed by atoms with van der Waals surface area (Å²) in [4.78, 5) is 15.0. The first-order valence-electron chi connectivity index (χ1n) is 10.8. The third-order valence-electron chi connectivity index (χ3n) is 6.04. The second-order valence-electron chi connectivity index (χ2n) is 8.22. The summed E-state index contributed by atoms with van der Waals surface area (Å²) in [7, 11) is 1.56. The summed E-state index contributed by atoms with van der Waals surface area (Å²) in [6.45, 7) is 2.73. The summed E-state index contributed by atoms with van der Waals surface area (Å²) in [6, 6.07) is 14.8. The minimum atomic E-state index is 0.138. The van der Waals surface area contributed by atoms with Gasteiger partial charge in [-0.2, -0.15) is 0 Å². The molecule has 32 heavy (non-hydrogen) atoms. The van der Waals surface area contributed by atoms with Gasteiger partial charge in [-0.3, -0.25) is 9.69 Å². The lowest BCUT2D eigenvalue weighted by molar-refractivity contribution is 0.0959. The van der Waals surface area contributed by atoms with E-state index in [0.29, 0.717) is 33.7 Å². The summed E-state index contributed by atoms with van der Waals surface area (Å²) in [5, 5.41) is 5.41. The van der Waals surface area contributed by atoms with Gasteiger partial charge in [0.05, 0.1) is 18.7 Å². The molecule has 0 radical (unpaired) electrons. The van der Waals surface area contributed by atoms with Crippen LogP contribution in [-0.4, -0.2) is 36.0 Å². The van der Waals surface area contributed by atoms with E-state index in [1.807, 2.05) is 30.3 Å². The van der Waals surface area contributed by atoms with Crippen LogP contribution in [0.1, 0.15) is 41.8 Å². The van der Waals surface area contributed by atoms with Crippen LogP contribution in [0.15, 0.2) is 53.1 Å². The molecule has 0 aliphatic carbocycles. The first-order valence-corrected chi connectivity index (χ1v) is 11.6. The lowest BCUT2D eigenvalue weighted by Crippen LogP contribution is -2.33. The fourth-order valence-corrected chi connectivity index (χ4v) is 4.43. The number of nitrogens with zero attached hydrogens (tertiary/aromatic N) is 2. The molecule has 0 amide bonds. The second-order valence-corrected chi connectivity index (χ2v) is 9.06. The van der Waals surface area contributed by atoms with Gasteiger partial charge in [-0.25, -0.2) is 0 Å². The Kier molecular flexibility index (Phi) is 7.51. The van der Waals surface area contributed by atoms with Crippen LogP contribution in [0.2, 0.25) is 10.0 Å². The fourth-order valence-electron chi connectivity index (χ4n) is 4.11. The Balaban J connectivity index is 1.23. The monoisotopic (exact) mass is 472 g/mol. The van der Waals surface area contributed by atoms with E-state index >= 15 is 0 Å². The molecule has 5 nitrogen and oxygen atoms in total. The standard InChI is InChI=1S/C25H26Cl2N2O3/c1-31-25-14-19(5-8-22(25)27)24(30)9-2-17-10-12-29(13-11-17)16-21-15-23(28-32-21)18-3-6-20(26)7-4-18/h3-8,14-15,17H,2,9-13,16H2,1H3. The third kappa shape index (κ3) is 5.71. The zero-order valence-corrected chi connectivity index (χ0v) is 19.5. The van der Waals surface area contributed by atoms with E-state index in [4.69, 9.17) is 32.5 Å². The maximum Gasteiger partial charge on any atom is 0.163 e. The summed E-state index contributed by atoms with van der Waals surface area (Å²) < 4.78 is 10.8. The average molecular weight is 473 g/mol. The predicted octanol–water partition coefficient (Wildman–Crippen LogP) is 6.53. The van der Waals surface area contributed by atoms with Crippen molar-refractivity contribution in [2.75, 3.05) is 20.2 Å². The van der Waals surface area contributed by atoms with E-state index < -0.39 is 0 Å².